The Balaban J connectivity index is 1.62. The van der Waals surface area contributed by atoms with Crippen LogP contribution in [0.3, 0.4) is 0 Å². The summed E-state index contributed by atoms with van der Waals surface area (Å²) in [5, 5.41) is 5.28. The number of rotatable bonds is 6. The van der Waals surface area contributed by atoms with E-state index in [2.05, 4.69) is 36.3 Å². The lowest BCUT2D eigenvalue weighted by Crippen LogP contribution is -2.14. The Kier molecular flexibility index (Phi) is 6.21. The van der Waals surface area contributed by atoms with Crippen LogP contribution in [0, 0.1) is 0 Å². The normalized spacial score (nSPS) is 10.7. The molecular weight excluding hydrogens is 372 g/mol. The van der Waals surface area contributed by atoms with E-state index in [-0.39, 0.29) is 11.9 Å². The number of hydrogen-bond donors (Lipinski definition) is 1. The molecule has 0 aliphatic heterocycles. The molecule has 0 saturated heterocycles. The molecular formula is C22H22N2O3S. The van der Waals surface area contributed by atoms with Crippen LogP contribution < -0.4 is 5.32 Å². The molecule has 0 atom stereocenters. The molecule has 0 bridgehead atoms. The van der Waals surface area contributed by atoms with E-state index in [1.807, 2.05) is 29.6 Å². The Labute approximate surface area is 168 Å². The summed E-state index contributed by atoms with van der Waals surface area (Å²) in [4.78, 5) is 28.3. The highest BCUT2D eigenvalue weighted by Gasteiger charge is 2.11. The lowest BCUT2D eigenvalue weighted by molar-refractivity contribution is -0.115. The van der Waals surface area contributed by atoms with E-state index in [9.17, 15) is 9.59 Å². The number of esters is 1. The van der Waals surface area contributed by atoms with Crippen molar-refractivity contribution in [3.05, 3.63) is 70.6 Å². The van der Waals surface area contributed by atoms with E-state index in [1.54, 1.807) is 12.1 Å². The van der Waals surface area contributed by atoms with Gasteiger partial charge in [-0.2, -0.15) is 0 Å². The van der Waals surface area contributed by atoms with Crippen molar-refractivity contribution in [2.75, 3.05) is 12.4 Å². The van der Waals surface area contributed by atoms with Crippen LogP contribution in [0.1, 0.15) is 41.3 Å². The molecule has 6 heteroatoms. The standard InChI is InChI=1S/C22H22N2O3S/c1-14(2)16-6-4-15(5-7-16)12-20(25)24-22-23-19(13-28-22)17-8-10-18(11-9-17)21(26)27-3/h4-11,13-14H,12H2,1-3H3,(H,23,24,25). The van der Waals surface area contributed by atoms with E-state index < -0.39 is 0 Å². The Morgan fingerprint density at radius 3 is 2.36 bits per heavy atom. The Morgan fingerprint density at radius 2 is 1.75 bits per heavy atom. The van der Waals surface area contributed by atoms with Gasteiger partial charge in [-0.15, -0.1) is 11.3 Å². The summed E-state index contributed by atoms with van der Waals surface area (Å²) < 4.78 is 4.70. The molecule has 1 aromatic heterocycles. The minimum absolute atomic E-state index is 0.0979. The first-order chi connectivity index (χ1) is 13.5. The van der Waals surface area contributed by atoms with E-state index in [0.29, 0.717) is 23.0 Å². The zero-order valence-electron chi connectivity index (χ0n) is 16.1. The van der Waals surface area contributed by atoms with Crippen molar-refractivity contribution in [2.45, 2.75) is 26.2 Å². The van der Waals surface area contributed by atoms with Crippen LogP contribution in [-0.4, -0.2) is 24.0 Å². The topological polar surface area (TPSA) is 68.3 Å². The Hall–Kier alpha value is -2.99. The second-order valence-electron chi connectivity index (χ2n) is 6.73. The number of amides is 1. The van der Waals surface area contributed by atoms with E-state index in [1.165, 1.54) is 24.0 Å². The molecule has 0 unspecified atom stereocenters. The molecule has 1 amide bonds. The van der Waals surface area contributed by atoms with Gasteiger partial charge in [-0.05, 0) is 29.2 Å². The number of ether oxygens (including phenoxy) is 1. The highest BCUT2D eigenvalue weighted by atomic mass is 32.1. The van der Waals surface area contributed by atoms with Crippen molar-refractivity contribution >= 4 is 28.3 Å². The summed E-state index contributed by atoms with van der Waals surface area (Å²) >= 11 is 1.37. The Morgan fingerprint density at radius 1 is 1.07 bits per heavy atom. The smallest absolute Gasteiger partial charge is 0.337 e. The van der Waals surface area contributed by atoms with Crippen LogP contribution in [0.25, 0.3) is 11.3 Å². The van der Waals surface area contributed by atoms with Gasteiger partial charge in [0.15, 0.2) is 5.13 Å². The highest BCUT2D eigenvalue weighted by Crippen LogP contribution is 2.25. The van der Waals surface area contributed by atoms with Crippen molar-refractivity contribution in [3.8, 4) is 11.3 Å². The summed E-state index contributed by atoms with van der Waals surface area (Å²) in [5.41, 5.74) is 4.33. The van der Waals surface area contributed by atoms with Gasteiger partial charge in [-0.25, -0.2) is 9.78 Å². The van der Waals surface area contributed by atoms with Crippen LogP contribution in [0.15, 0.2) is 53.9 Å². The third-order valence-electron chi connectivity index (χ3n) is 4.36. The van der Waals surface area contributed by atoms with Gasteiger partial charge in [0.1, 0.15) is 0 Å². The first-order valence-electron chi connectivity index (χ1n) is 8.99. The third kappa shape index (κ3) is 4.84. The van der Waals surface area contributed by atoms with Crippen LogP contribution in [0.5, 0.6) is 0 Å². The number of benzene rings is 2. The van der Waals surface area contributed by atoms with E-state index in [4.69, 9.17) is 4.74 Å². The number of thiazole rings is 1. The predicted octanol–water partition coefficient (Wildman–Crippen LogP) is 4.90. The first-order valence-corrected chi connectivity index (χ1v) is 9.87. The molecule has 2 aromatic carbocycles. The predicted molar refractivity (Wildman–Crippen MR) is 112 cm³/mol. The van der Waals surface area contributed by atoms with Crippen molar-refractivity contribution < 1.29 is 14.3 Å². The van der Waals surface area contributed by atoms with Gasteiger partial charge >= 0.3 is 5.97 Å². The molecule has 1 N–H and O–H groups in total. The van der Waals surface area contributed by atoms with Gasteiger partial charge < -0.3 is 10.1 Å². The van der Waals surface area contributed by atoms with Gasteiger partial charge in [0.05, 0.1) is 24.8 Å². The maximum Gasteiger partial charge on any atom is 0.337 e. The quantitative estimate of drug-likeness (QED) is 0.604. The van der Waals surface area contributed by atoms with Crippen molar-refractivity contribution in [2.24, 2.45) is 0 Å². The lowest BCUT2D eigenvalue weighted by atomic mass is 10.0. The number of methoxy groups -OCH3 is 1. The largest absolute Gasteiger partial charge is 0.465 e. The summed E-state index contributed by atoms with van der Waals surface area (Å²) in [6.07, 6.45) is 0.307. The fraction of sp³-hybridized carbons (Fsp3) is 0.227. The van der Waals surface area contributed by atoms with E-state index >= 15 is 0 Å². The number of nitrogens with one attached hydrogen (secondary N) is 1. The monoisotopic (exact) mass is 394 g/mol. The molecule has 0 radical (unpaired) electrons. The van der Waals surface area contributed by atoms with Crippen LogP contribution in [-0.2, 0) is 16.0 Å². The molecule has 3 rings (SSSR count). The second kappa shape index (κ2) is 8.80. The lowest BCUT2D eigenvalue weighted by Gasteiger charge is -2.06. The zero-order valence-corrected chi connectivity index (χ0v) is 16.9. The first kappa shape index (κ1) is 19.8. The molecule has 5 nitrogen and oxygen atoms in total. The molecule has 28 heavy (non-hydrogen) atoms. The van der Waals surface area contributed by atoms with Crippen LogP contribution in [0.2, 0.25) is 0 Å². The maximum atomic E-state index is 12.3. The minimum atomic E-state index is -0.376. The van der Waals surface area contributed by atoms with Crippen molar-refractivity contribution in [1.82, 2.24) is 4.98 Å². The SMILES string of the molecule is COC(=O)c1ccc(-c2csc(NC(=O)Cc3ccc(C(C)C)cc3)n2)cc1. The van der Waals surface area contributed by atoms with Gasteiger partial charge in [0, 0.05) is 10.9 Å². The minimum Gasteiger partial charge on any atom is -0.465 e. The Bertz CT molecular complexity index is 960. The number of carbonyl (C=O) groups excluding carboxylic acids is 2. The van der Waals surface area contributed by atoms with Gasteiger partial charge in [0.25, 0.3) is 0 Å². The van der Waals surface area contributed by atoms with Crippen LogP contribution >= 0.6 is 11.3 Å². The third-order valence-corrected chi connectivity index (χ3v) is 5.12. The zero-order chi connectivity index (χ0) is 20.1. The molecule has 0 fully saturated rings. The molecule has 0 saturated carbocycles. The average Bonchev–Trinajstić information content (AvgIpc) is 3.16. The summed E-state index contributed by atoms with van der Waals surface area (Å²) in [5.74, 6) is -0.00301. The number of anilines is 1. The summed E-state index contributed by atoms with van der Waals surface area (Å²) in [6, 6.07) is 15.1. The molecule has 0 spiro atoms. The van der Waals surface area contributed by atoms with Gasteiger partial charge in [0.2, 0.25) is 5.91 Å². The summed E-state index contributed by atoms with van der Waals surface area (Å²) in [6.45, 7) is 4.29. The van der Waals surface area contributed by atoms with Crippen molar-refractivity contribution in [1.29, 1.82) is 0 Å². The fourth-order valence-corrected chi connectivity index (χ4v) is 3.46. The van der Waals surface area contributed by atoms with Crippen molar-refractivity contribution in [3.63, 3.8) is 0 Å². The van der Waals surface area contributed by atoms with Crippen LogP contribution in [0.4, 0.5) is 5.13 Å². The number of carbonyl (C=O) groups is 2. The number of hydrogen-bond acceptors (Lipinski definition) is 5. The van der Waals surface area contributed by atoms with E-state index in [0.717, 1.165) is 16.8 Å². The molecule has 0 aliphatic carbocycles. The maximum absolute atomic E-state index is 12.3. The fourth-order valence-electron chi connectivity index (χ4n) is 2.73. The highest BCUT2D eigenvalue weighted by molar-refractivity contribution is 7.14. The molecule has 144 valence electrons. The summed E-state index contributed by atoms with van der Waals surface area (Å²) in [7, 11) is 1.35. The van der Waals surface area contributed by atoms with Gasteiger partial charge in [-0.1, -0.05) is 50.2 Å². The second-order valence-corrected chi connectivity index (χ2v) is 7.59. The number of aromatic nitrogens is 1. The molecule has 1 heterocycles. The molecule has 3 aromatic rings. The number of nitrogens with zero attached hydrogens (tertiary/aromatic N) is 1. The van der Waals surface area contributed by atoms with Gasteiger partial charge in [-0.3, -0.25) is 4.79 Å². The average molecular weight is 394 g/mol. The molecule has 0 aliphatic rings.